The van der Waals surface area contributed by atoms with E-state index in [1.54, 1.807) is 0 Å². The summed E-state index contributed by atoms with van der Waals surface area (Å²) >= 11 is 1.03. The van der Waals surface area contributed by atoms with Crippen molar-refractivity contribution in [2.45, 2.75) is 6.92 Å². The predicted octanol–water partition coefficient (Wildman–Crippen LogP) is 2.45. The number of hydrogen-bond acceptors (Lipinski definition) is 2. The van der Waals surface area contributed by atoms with Crippen molar-refractivity contribution in [3.63, 3.8) is 0 Å². The molecule has 0 rings (SSSR count). The lowest BCUT2D eigenvalue weighted by molar-refractivity contribution is 1.54. The largest absolute Gasteiger partial charge is 0.185 e. The molecule has 2 heteroatoms. The van der Waals surface area contributed by atoms with Crippen LogP contribution in [0.25, 0.3) is 0 Å². The molecular weight excluding hydrogens is 130 g/mol. The van der Waals surface area contributed by atoms with Crippen LogP contribution in [0.3, 0.4) is 0 Å². The van der Waals surface area contributed by atoms with Crippen LogP contribution in [0.5, 0.6) is 0 Å². The molecule has 46 valence electrons. The van der Waals surface area contributed by atoms with Gasteiger partial charge in [0.25, 0.3) is 0 Å². The van der Waals surface area contributed by atoms with Crippen LogP contribution in [0.1, 0.15) is 6.92 Å². The zero-order valence-corrected chi connectivity index (χ0v) is 6.09. The van der Waals surface area contributed by atoms with E-state index >= 15 is 0 Å². The summed E-state index contributed by atoms with van der Waals surface area (Å²) in [7, 11) is 0. The van der Waals surface area contributed by atoms with E-state index in [4.69, 9.17) is 5.26 Å². The van der Waals surface area contributed by atoms with Gasteiger partial charge in [0, 0.05) is 0 Å². The van der Waals surface area contributed by atoms with Crippen LogP contribution in [-0.2, 0) is 0 Å². The van der Waals surface area contributed by atoms with Crippen molar-refractivity contribution in [2.75, 3.05) is 0 Å². The van der Waals surface area contributed by atoms with Gasteiger partial charge in [0.05, 0.1) is 4.91 Å². The van der Waals surface area contributed by atoms with Gasteiger partial charge >= 0.3 is 0 Å². The summed E-state index contributed by atoms with van der Waals surface area (Å²) in [5.41, 5.74) is 3.44. The number of thiocyanates is 1. The molecule has 9 heavy (non-hydrogen) atoms. The Balaban J connectivity index is 4.24. The van der Waals surface area contributed by atoms with Gasteiger partial charge in [-0.15, -0.1) is 5.73 Å². The smallest absolute Gasteiger partial charge is 0.139 e. The summed E-state index contributed by atoms with van der Waals surface area (Å²) in [6, 6.07) is 0. The highest BCUT2D eigenvalue weighted by molar-refractivity contribution is 8.07. The van der Waals surface area contributed by atoms with Crippen molar-refractivity contribution in [2.24, 2.45) is 0 Å². The molecule has 0 unspecified atom stereocenters. The summed E-state index contributed by atoms with van der Waals surface area (Å²) in [6.45, 7) is 8.86. The third-order valence-electron chi connectivity index (χ3n) is 0.696. The van der Waals surface area contributed by atoms with Crippen LogP contribution in [-0.4, -0.2) is 0 Å². The molecule has 0 aliphatic rings. The van der Waals surface area contributed by atoms with Gasteiger partial charge in [-0.25, -0.2) is 0 Å². The molecule has 0 N–H and O–H groups in total. The first-order valence-corrected chi connectivity index (χ1v) is 3.16. The quantitative estimate of drug-likeness (QED) is 0.331. The predicted molar refractivity (Wildman–Crippen MR) is 40.7 cm³/mol. The molecule has 0 aromatic rings. The Hall–Kier alpha value is -0.900. The molecule has 0 aliphatic heterocycles. The Morgan fingerprint density at radius 2 is 2.22 bits per heavy atom. The highest BCUT2D eigenvalue weighted by Gasteiger charge is 1.93. The molecule has 0 saturated heterocycles. The van der Waals surface area contributed by atoms with Gasteiger partial charge in [0.2, 0.25) is 0 Å². The van der Waals surface area contributed by atoms with Crippen molar-refractivity contribution < 1.29 is 0 Å². The second kappa shape index (κ2) is 4.03. The van der Waals surface area contributed by atoms with Gasteiger partial charge in [-0.1, -0.05) is 13.2 Å². The van der Waals surface area contributed by atoms with Crippen LogP contribution in [0.4, 0.5) is 0 Å². The maximum Gasteiger partial charge on any atom is 0.139 e. The lowest BCUT2D eigenvalue weighted by Gasteiger charge is -1.92. The number of thioether (sulfide) groups is 1. The van der Waals surface area contributed by atoms with Gasteiger partial charge in [0.15, 0.2) is 0 Å². The van der Waals surface area contributed by atoms with E-state index in [0.29, 0.717) is 0 Å². The Labute approximate surface area is 59.4 Å². The topological polar surface area (TPSA) is 23.8 Å². The zero-order valence-electron chi connectivity index (χ0n) is 5.27. The first-order valence-electron chi connectivity index (χ1n) is 2.34. The lowest BCUT2D eigenvalue weighted by atomic mass is 10.3. The highest BCUT2D eigenvalue weighted by Crippen LogP contribution is 2.18. The standard InChI is InChI=1S/C7H7NS/c1-4-7(6(2)3)9-5-8/h1-2H2,3H3. The molecule has 0 bridgehead atoms. The zero-order chi connectivity index (χ0) is 7.28. The van der Waals surface area contributed by atoms with E-state index in [-0.39, 0.29) is 0 Å². The van der Waals surface area contributed by atoms with E-state index in [1.807, 2.05) is 12.3 Å². The molecule has 0 atom stereocenters. The Bertz CT molecular complexity index is 203. The van der Waals surface area contributed by atoms with Crippen LogP contribution in [0.2, 0.25) is 0 Å². The molecule has 0 heterocycles. The summed E-state index contributed by atoms with van der Waals surface area (Å²) in [4.78, 5) is 0.720. The second-order valence-electron chi connectivity index (χ2n) is 1.48. The van der Waals surface area contributed by atoms with Crippen molar-refractivity contribution >= 4 is 11.8 Å². The summed E-state index contributed by atoms with van der Waals surface area (Å²) < 4.78 is 0. The number of nitriles is 1. The van der Waals surface area contributed by atoms with Crippen molar-refractivity contribution in [1.82, 2.24) is 0 Å². The SMILES string of the molecule is C=C=C(SC#N)C(=C)C. The fourth-order valence-electron chi connectivity index (χ4n) is 0.320. The fourth-order valence-corrected chi connectivity index (χ4v) is 0.657. The van der Waals surface area contributed by atoms with E-state index in [9.17, 15) is 0 Å². The van der Waals surface area contributed by atoms with Crippen molar-refractivity contribution in [3.8, 4) is 5.40 Å². The van der Waals surface area contributed by atoms with Crippen molar-refractivity contribution in [3.05, 3.63) is 29.4 Å². The normalized spacial score (nSPS) is 7.11. The van der Waals surface area contributed by atoms with Gasteiger partial charge in [-0.3, -0.25) is 0 Å². The van der Waals surface area contributed by atoms with Gasteiger partial charge in [-0.2, -0.15) is 5.26 Å². The highest BCUT2D eigenvalue weighted by atomic mass is 32.2. The van der Waals surface area contributed by atoms with Gasteiger partial charge in [-0.05, 0) is 24.3 Å². The fraction of sp³-hybridized carbons (Fsp3) is 0.143. The maximum atomic E-state index is 8.20. The average Bonchev–Trinajstić information content (AvgIpc) is 1.82. The number of hydrogen-bond donors (Lipinski definition) is 0. The number of nitrogens with zero attached hydrogens (tertiary/aromatic N) is 1. The molecular formula is C7H7NS. The molecule has 0 aromatic heterocycles. The first-order chi connectivity index (χ1) is 4.22. The lowest BCUT2D eigenvalue weighted by Crippen LogP contribution is -1.70. The monoisotopic (exact) mass is 137 g/mol. The van der Waals surface area contributed by atoms with E-state index in [2.05, 4.69) is 18.9 Å². The van der Waals surface area contributed by atoms with Crippen LogP contribution < -0.4 is 0 Å². The second-order valence-corrected chi connectivity index (χ2v) is 2.27. The molecule has 0 aliphatic carbocycles. The third kappa shape index (κ3) is 2.81. The molecule has 0 radical (unpaired) electrons. The number of allylic oxidation sites excluding steroid dienone is 1. The average molecular weight is 137 g/mol. The van der Waals surface area contributed by atoms with Crippen LogP contribution >= 0.6 is 11.8 Å². The van der Waals surface area contributed by atoms with Gasteiger partial charge < -0.3 is 0 Å². The van der Waals surface area contributed by atoms with E-state index in [0.717, 1.165) is 22.2 Å². The first kappa shape index (κ1) is 8.10. The molecule has 0 spiro atoms. The maximum absolute atomic E-state index is 8.20. The van der Waals surface area contributed by atoms with E-state index < -0.39 is 0 Å². The minimum atomic E-state index is 0.720. The molecule has 1 nitrogen and oxygen atoms in total. The van der Waals surface area contributed by atoms with Crippen molar-refractivity contribution in [1.29, 1.82) is 5.26 Å². The minimum Gasteiger partial charge on any atom is -0.185 e. The summed E-state index contributed by atoms with van der Waals surface area (Å²) in [6.07, 6.45) is 0. The van der Waals surface area contributed by atoms with E-state index in [1.165, 1.54) is 0 Å². The molecule has 0 saturated carbocycles. The third-order valence-corrected chi connectivity index (χ3v) is 1.48. The van der Waals surface area contributed by atoms with Gasteiger partial charge in [0.1, 0.15) is 5.40 Å². The number of rotatable bonds is 2. The van der Waals surface area contributed by atoms with Crippen LogP contribution in [0, 0.1) is 10.7 Å². The molecule has 0 fully saturated rings. The molecule has 0 amide bonds. The Morgan fingerprint density at radius 1 is 1.67 bits per heavy atom. The minimum absolute atomic E-state index is 0.720. The summed E-state index contributed by atoms with van der Waals surface area (Å²) in [5, 5.41) is 10.1. The Morgan fingerprint density at radius 3 is 2.33 bits per heavy atom. The summed E-state index contributed by atoms with van der Waals surface area (Å²) in [5.74, 6) is 0. The van der Waals surface area contributed by atoms with Crippen LogP contribution in [0.15, 0.2) is 29.4 Å². The molecule has 0 aromatic carbocycles. The Kier molecular flexibility index (Phi) is 3.62.